The first kappa shape index (κ1) is 17.8. The molecule has 0 aliphatic rings. The van der Waals surface area contributed by atoms with Crippen LogP contribution in [-0.2, 0) is 4.74 Å². The van der Waals surface area contributed by atoms with Gasteiger partial charge in [-0.3, -0.25) is 0 Å². The molecule has 3 aromatic rings. The zero-order chi connectivity index (χ0) is 18.5. The molecule has 0 saturated heterocycles. The summed E-state index contributed by atoms with van der Waals surface area (Å²) < 4.78 is 16.9. The van der Waals surface area contributed by atoms with Gasteiger partial charge in [-0.25, -0.2) is 9.48 Å². The minimum Gasteiger partial charge on any atom is -0.497 e. The van der Waals surface area contributed by atoms with E-state index in [1.807, 2.05) is 36.4 Å². The normalized spacial score (nSPS) is 10.4. The number of aromatic nitrogens is 2. The van der Waals surface area contributed by atoms with Crippen molar-refractivity contribution in [2.24, 2.45) is 0 Å². The largest absolute Gasteiger partial charge is 0.515 e. The van der Waals surface area contributed by atoms with E-state index in [0.717, 1.165) is 11.3 Å². The first-order valence-corrected chi connectivity index (χ1v) is 8.33. The van der Waals surface area contributed by atoms with E-state index >= 15 is 0 Å². The Balaban J connectivity index is 2.08. The molecule has 0 bridgehead atoms. The Morgan fingerprint density at radius 3 is 2.69 bits per heavy atom. The summed E-state index contributed by atoms with van der Waals surface area (Å²) in [4.78, 5) is 11.6. The number of methoxy groups -OCH3 is 1. The molecule has 0 saturated carbocycles. The van der Waals surface area contributed by atoms with Crippen molar-refractivity contribution in [2.45, 2.75) is 6.92 Å². The third kappa shape index (κ3) is 3.97. The predicted molar refractivity (Wildman–Crippen MR) is 98.2 cm³/mol. The van der Waals surface area contributed by atoms with Crippen molar-refractivity contribution in [3.8, 4) is 28.6 Å². The van der Waals surface area contributed by atoms with Gasteiger partial charge in [-0.2, -0.15) is 0 Å². The van der Waals surface area contributed by atoms with Crippen LogP contribution in [0, 0.1) is 0 Å². The van der Waals surface area contributed by atoms with E-state index in [9.17, 15) is 4.79 Å². The summed E-state index contributed by atoms with van der Waals surface area (Å²) in [6, 6.07) is 16.4. The monoisotopic (exact) mass is 372 g/mol. The number of carbonyl (C=O) groups excluding carboxylic acids is 1. The molecular weight excluding hydrogens is 356 g/mol. The van der Waals surface area contributed by atoms with Crippen LogP contribution < -0.4 is 9.47 Å². The number of rotatable bonds is 5. The Labute approximate surface area is 155 Å². The average Bonchev–Trinajstić information content (AvgIpc) is 3.05. The minimum absolute atomic E-state index is 0.126. The molecule has 3 rings (SSSR count). The number of nitrogens with zero attached hydrogens (tertiary/aromatic N) is 2. The van der Waals surface area contributed by atoms with E-state index in [-0.39, 0.29) is 12.5 Å². The van der Waals surface area contributed by atoms with Crippen LogP contribution >= 0.6 is 11.6 Å². The number of hydrogen-bond acceptors (Lipinski definition) is 5. The molecular formula is C19H17ClN2O4. The van der Waals surface area contributed by atoms with Crippen molar-refractivity contribution in [1.82, 2.24) is 9.78 Å². The van der Waals surface area contributed by atoms with Crippen LogP contribution in [0.2, 0.25) is 5.02 Å². The van der Waals surface area contributed by atoms with E-state index in [1.54, 1.807) is 36.9 Å². The van der Waals surface area contributed by atoms with Gasteiger partial charge in [-0.15, -0.1) is 5.10 Å². The summed E-state index contributed by atoms with van der Waals surface area (Å²) in [6.45, 7) is 1.92. The first-order valence-electron chi connectivity index (χ1n) is 7.95. The van der Waals surface area contributed by atoms with E-state index in [0.29, 0.717) is 16.5 Å². The zero-order valence-corrected chi connectivity index (χ0v) is 15.1. The Bertz CT molecular complexity index is 923. The summed E-state index contributed by atoms with van der Waals surface area (Å²) >= 11 is 6.11. The van der Waals surface area contributed by atoms with Crippen LogP contribution in [0.15, 0.2) is 54.6 Å². The van der Waals surface area contributed by atoms with Crippen molar-refractivity contribution in [1.29, 1.82) is 0 Å². The Morgan fingerprint density at radius 2 is 1.96 bits per heavy atom. The third-order valence-electron chi connectivity index (χ3n) is 3.56. The number of benzene rings is 2. The second kappa shape index (κ2) is 7.93. The Hall–Kier alpha value is -2.99. The van der Waals surface area contributed by atoms with E-state index < -0.39 is 6.16 Å². The lowest BCUT2D eigenvalue weighted by molar-refractivity contribution is 0.102. The zero-order valence-electron chi connectivity index (χ0n) is 14.3. The lowest BCUT2D eigenvalue weighted by Gasteiger charge is -2.08. The summed E-state index contributed by atoms with van der Waals surface area (Å²) in [6.07, 6.45) is -0.805. The molecule has 0 fully saturated rings. The van der Waals surface area contributed by atoms with Crippen LogP contribution in [0.25, 0.3) is 16.9 Å². The molecule has 6 nitrogen and oxygen atoms in total. The summed E-state index contributed by atoms with van der Waals surface area (Å²) in [5, 5.41) is 4.94. The molecule has 0 radical (unpaired) electrons. The van der Waals surface area contributed by atoms with Gasteiger partial charge in [0.1, 0.15) is 5.75 Å². The molecule has 0 aliphatic heterocycles. The van der Waals surface area contributed by atoms with Crippen LogP contribution in [-0.4, -0.2) is 29.7 Å². The molecule has 0 N–H and O–H groups in total. The molecule has 26 heavy (non-hydrogen) atoms. The number of halogens is 1. The molecule has 1 heterocycles. The molecule has 0 amide bonds. The second-order valence-corrected chi connectivity index (χ2v) is 5.71. The Morgan fingerprint density at radius 1 is 1.15 bits per heavy atom. The second-order valence-electron chi connectivity index (χ2n) is 5.28. The molecule has 0 spiro atoms. The summed E-state index contributed by atoms with van der Waals surface area (Å²) in [5.41, 5.74) is 2.29. The smallest absolute Gasteiger partial charge is 0.497 e. The SMILES string of the molecule is CCOC(=O)Oc1cc(-c2cccc(OC)c2)n(-c2cccc(Cl)c2)n1. The van der Waals surface area contributed by atoms with Crippen molar-refractivity contribution in [2.75, 3.05) is 13.7 Å². The molecule has 1 aromatic heterocycles. The van der Waals surface area contributed by atoms with Crippen LogP contribution in [0.5, 0.6) is 11.6 Å². The van der Waals surface area contributed by atoms with Gasteiger partial charge in [-0.1, -0.05) is 29.8 Å². The number of carbonyl (C=O) groups is 1. The van der Waals surface area contributed by atoms with E-state index in [1.165, 1.54) is 0 Å². The minimum atomic E-state index is -0.805. The summed E-state index contributed by atoms with van der Waals surface area (Å²) in [7, 11) is 1.60. The van der Waals surface area contributed by atoms with Crippen molar-refractivity contribution in [3.05, 3.63) is 59.6 Å². The lowest BCUT2D eigenvalue weighted by atomic mass is 10.1. The van der Waals surface area contributed by atoms with Gasteiger partial charge in [0.2, 0.25) is 5.88 Å². The highest BCUT2D eigenvalue weighted by Gasteiger charge is 2.16. The van der Waals surface area contributed by atoms with Gasteiger partial charge in [0, 0.05) is 16.7 Å². The molecule has 7 heteroatoms. The molecule has 0 unspecified atom stereocenters. The highest BCUT2D eigenvalue weighted by molar-refractivity contribution is 6.30. The summed E-state index contributed by atoms with van der Waals surface area (Å²) in [5.74, 6) is 0.829. The van der Waals surface area contributed by atoms with E-state index in [4.69, 9.17) is 25.8 Å². The maximum absolute atomic E-state index is 11.6. The molecule has 0 aliphatic carbocycles. The van der Waals surface area contributed by atoms with Gasteiger partial charge in [-0.05, 0) is 37.3 Å². The third-order valence-corrected chi connectivity index (χ3v) is 3.79. The standard InChI is InChI=1S/C19H17ClN2O4/c1-3-25-19(23)26-18-12-17(13-6-4-9-16(10-13)24-2)22(21-18)15-8-5-7-14(20)11-15/h4-12H,3H2,1-2H3. The fourth-order valence-corrected chi connectivity index (χ4v) is 2.62. The van der Waals surface area contributed by atoms with Gasteiger partial charge in [0.05, 0.1) is 25.1 Å². The fraction of sp³-hybridized carbons (Fsp3) is 0.158. The number of hydrogen-bond donors (Lipinski definition) is 0. The average molecular weight is 373 g/mol. The topological polar surface area (TPSA) is 62.6 Å². The number of ether oxygens (including phenoxy) is 3. The van der Waals surface area contributed by atoms with Crippen molar-refractivity contribution >= 4 is 17.8 Å². The van der Waals surface area contributed by atoms with E-state index in [2.05, 4.69) is 5.10 Å². The predicted octanol–water partition coefficient (Wildman–Crippen LogP) is 4.74. The lowest BCUT2D eigenvalue weighted by Crippen LogP contribution is -2.10. The maximum Gasteiger partial charge on any atom is 0.515 e. The van der Waals surface area contributed by atoms with Gasteiger partial charge < -0.3 is 14.2 Å². The van der Waals surface area contributed by atoms with Gasteiger partial charge >= 0.3 is 6.16 Å². The van der Waals surface area contributed by atoms with Crippen molar-refractivity contribution in [3.63, 3.8) is 0 Å². The highest BCUT2D eigenvalue weighted by Crippen LogP contribution is 2.30. The fourth-order valence-electron chi connectivity index (χ4n) is 2.43. The molecule has 0 atom stereocenters. The molecule has 134 valence electrons. The van der Waals surface area contributed by atoms with Crippen LogP contribution in [0.3, 0.4) is 0 Å². The maximum atomic E-state index is 11.6. The Kier molecular flexibility index (Phi) is 5.43. The van der Waals surface area contributed by atoms with Gasteiger partial charge in [0.25, 0.3) is 0 Å². The molecule has 2 aromatic carbocycles. The highest BCUT2D eigenvalue weighted by atomic mass is 35.5. The van der Waals surface area contributed by atoms with Crippen LogP contribution in [0.4, 0.5) is 4.79 Å². The quantitative estimate of drug-likeness (QED) is 0.605. The van der Waals surface area contributed by atoms with Crippen LogP contribution in [0.1, 0.15) is 6.92 Å². The van der Waals surface area contributed by atoms with Gasteiger partial charge in [0.15, 0.2) is 0 Å². The first-order chi connectivity index (χ1) is 12.6. The van der Waals surface area contributed by atoms with Crippen molar-refractivity contribution < 1.29 is 19.0 Å².